The molecule has 0 saturated carbocycles. The van der Waals surface area contributed by atoms with Gasteiger partial charge in [-0.3, -0.25) is 0 Å². The van der Waals surface area contributed by atoms with Crippen LogP contribution in [-0.4, -0.2) is 33.3 Å². The van der Waals surface area contributed by atoms with Crippen molar-refractivity contribution in [3.63, 3.8) is 0 Å². The molecule has 0 radical (unpaired) electrons. The Labute approximate surface area is 151 Å². The SMILES string of the molecule is COc1ccc(/C=N\n2c(-c3cccc(Br)c3)n[nH]c2=S)cc1O. The van der Waals surface area contributed by atoms with Gasteiger partial charge in [-0.15, -0.1) is 0 Å². The van der Waals surface area contributed by atoms with Crippen molar-refractivity contribution in [1.82, 2.24) is 14.9 Å². The molecule has 0 unspecified atom stereocenters. The molecule has 122 valence electrons. The zero-order chi connectivity index (χ0) is 17.1. The molecule has 0 atom stereocenters. The zero-order valence-corrected chi connectivity index (χ0v) is 15.0. The predicted molar refractivity (Wildman–Crippen MR) is 98.2 cm³/mol. The van der Waals surface area contributed by atoms with Crippen molar-refractivity contribution in [2.24, 2.45) is 5.10 Å². The van der Waals surface area contributed by atoms with Crippen LogP contribution < -0.4 is 4.74 Å². The monoisotopic (exact) mass is 404 g/mol. The molecule has 2 N–H and O–H groups in total. The van der Waals surface area contributed by atoms with Crippen LogP contribution >= 0.6 is 28.1 Å². The Morgan fingerprint density at radius 1 is 1.33 bits per heavy atom. The molecule has 0 bridgehead atoms. The number of hydrogen-bond acceptors (Lipinski definition) is 5. The molecular weight excluding hydrogens is 392 g/mol. The molecule has 3 rings (SSSR count). The number of phenolic OH excluding ortho intramolecular Hbond substituents is 1. The lowest BCUT2D eigenvalue weighted by molar-refractivity contribution is 0.373. The summed E-state index contributed by atoms with van der Waals surface area (Å²) in [7, 11) is 1.50. The van der Waals surface area contributed by atoms with Gasteiger partial charge in [-0.1, -0.05) is 28.1 Å². The maximum absolute atomic E-state index is 9.83. The Morgan fingerprint density at radius 3 is 2.88 bits per heavy atom. The molecule has 0 aliphatic carbocycles. The summed E-state index contributed by atoms with van der Waals surface area (Å²) in [5.74, 6) is 1.04. The molecule has 1 heterocycles. The minimum absolute atomic E-state index is 0.0458. The van der Waals surface area contributed by atoms with E-state index in [0.29, 0.717) is 21.9 Å². The summed E-state index contributed by atoms with van der Waals surface area (Å²) in [6.07, 6.45) is 1.59. The molecule has 2 aromatic carbocycles. The van der Waals surface area contributed by atoms with Crippen LogP contribution in [0.15, 0.2) is 52.0 Å². The second-order valence-corrected chi connectivity index (χ2v) is 6.15. The fraction of sp³-hybridized carbons (Fsp3) is 0.0625. The lowest BCUT2D eigenvalue weighted by Gasteiger charge is -2.04. The van der Waals surface area contributed by atoms with E-state index in [1.54, 1.807) is 24.4 Å². The lowest BCUT2D eigenvalue weighted by Crippen LogP contribution is -1.95. The first-order chi connectivity index (χ1) is 11.6. The number of H-pyrrole nitrogens is 1. The van der Waals surface area contributed by atoms with E-state index in [4.69, 9.17) is 17.0 Å². The van der Waals surface area contributed by atoms with E-state index in [-0.39, 0.29) is 5.75 Å². The molecule has 0 saturated heterocycles. The number of aromatic amines is 1. The number of phenols is 1. The fourth-order valence-corrected chi connectivity index (χ4v) is 2.70. The topological polar surface area (TPSA) is 75.4 Å². The molecule has 24 heavy (non-hydrogen) atoms. The fourth-order valence-electron chi connectivity index (χ4n) is 2.12. The first kappa shape index (κ1) is 16.4. The molecule has 0 fully saturated rings. The normalized spacial score (nSPS) is 11.1. The number of nitrogens with zero attached hydrogens (tertiary/aromatic N) is 3. The first-order valence-electron chi connectivity index (χ1n) is 6.93. The Kier molecular flexibility index (Phi) is 4.77. The summed E-state index contributed by atoms with van der Waals surface area (Å²) in [5.41, 5.74) is 1.57. The highest BCUT2D eigenvalue weighted by molar-refractivity contribution is 9.10. The van der Waals surface area contributed by atoms with Crippen molar-refractivity contribution >= 4 is 34.4 Å². The van der Waals surface area contributed by atoms with E-state index in [1.807, 2.05) is 24.3 Å². The lowest BCUT2D eigenvalue weighted by atomic mass is 10.2. The molecule has 6 nitrogen and oxygen atoms in total. The number of aromatic hydroxyl groups is 1. The molecule has 3 aromatic rings. The maximum atomic E-state index is 9.83. The molecule has 0 amide bonds. The third-order valence-electron chi connectivity index (χ3n) is 3.26. The van der Waals surface area contributed by atoms with Crippen molar-refractivity contribution in [2.75, 3.05) is 7.11 Å². The molecule has 0 spiro atoms. The van der Waals surface area contributed by atoms with E-state index in [0.717, 1.165) is 10.0 Å². The second-order valence-electron chi connectivity index (χ2n) is 4.85. The zero-order valence-electron chi connectivity index (χ0n) is 12.6. The quantitative estimate of drug-likeness (QED) is 0.509. The third-order valence-corrected chi connectivity index (χ3v) is 4.02. The Hall–Kier alpha value is -2.45. The number of hydrogen-bond donors (Lipinski definition) is 2. The van der Waals surface area contributed by atoms with E-state index in [2.05, 4.69) is 31.2 Å². The largest absolute Gasteiger partial charge is 0.504 e. The van der Waals surface area contributed by atoms with Gasteiger partial charge in [0.25, 0.3) is 0 Å². The van der Waals surface area contributed by atoms with Gasteiger partial charge in [0.05, 0.1) is 13.3 Å². The highest BCUT2D eigenvalue weighted by Gasteiger charge is 2.08. The summed E-state index contributed by atoms with van der Waals surface area (Å²) in [6.45, 7) is 0. The van der Waals surface area contributed by atoms with Gasteiger partial charge < -0.3 is 9.84 Å². The number of methoxy groups -OCH3 is 1. The summed E-state index contributed by atoms with van der Waals surface area (Å²) < 4.78 is 7.86. The average Bonchev–Trinajstić information content (AvgIpc) is 2.94. The van der Waals surface area contributed by atoms with Crippen molar-refractivity contribution in [1.29, 1.82) is 0 Å². The number of ether oxygens (including phenoxy) is 1. The number of rotatable bonds is 4. The molecular formula is C16H13BrN4O2S. The Bertz CT molecular complexity index is 965. The molecule has 1 aromatic heterocycles. The van der Waals surface area contributed by atoms with E-state index in [1.165, 1.54) is 11.8 Å². The highest BCUT2D eigenvalue weighted by atomic mass is 79.9. The van der Waals surface area contributed by atoms with Gasteiger partial charge in [0.2, 0.25) is 4.77 Å². The van der Waals surface area contributed by atoms with Gasteiger partial charge in [-0.25, -0.2) is 5.10 Å². The standard InChI is InChI=1S/C16H13BrN4O2S/c1-23-14-6-5-10(7-13(14)22)9-18-21-15(19-20-16(21)24)11-3-2-4-12(17)8-11/h2-9,22H,1H3,(H,20,24)/b18-9-. The van der Waals surface area contributed by atoms with Crippen LogP contribution in [-0.2, 0) is 0 Å². The molecule has 0 aliphatic rings. The minimum atomic E-state index is 0.0458. The van der Waals surface area contributed by atoms with Gasteiger partial charge in [-0.2, -0.15) is 14.9 Å². The van der Waals surface area contributed by atoms with Crippen molar-refractivity contribution in [3.05, 3.63) is 57.3 Å². The van der Waals surface area contributed by atoms with Crippen LogP contribution in [0.3, 0.4) is 0 Å². The summed E-state index contributed by atoms with van der Waals surface area (Å²) in [4.78, 5) is 0. The van der Waals surface area contributed by atoms with Gasteiger partial charge in [0.15, 0.2) is 17.3 Å². The van der Waals surface area contributed by atoms with Crippen molar-refractivity contribution < 1.29 is 9.84 Å². The summed E-state index contributed by atoms with van der Waals surface area (Å²) in [6, 6.07) is 12.7. The number of benzene rings is 2. The Morgan fingerprint density at radius 2 is 2.17 bits per heavy atom. The van der Waals surface area contributed by atoms with Crippen LogP contribution in [0.25, 0.3) is 11.4 Å². The third kappa shape index (κ3) is 3.39. The second kappa shape index (κ2) is 6.98. The highest BCUT2D eigenvalue weighted by Crippen LogP contribution is 2.26. The van der Waals surface area contributed by atoms with Crippen molar-refractivity contribution in [2.45, 2.75) is 0 Å². The van der Waals surface area contributed by atoms with Gasteiger partial charge in [-0.05, 0) is 48.1 Å². The van der Waals surface area contributed by atoms with Crippen LogP contribution in [0.4, 0.5) is 0 Å². The van der Waals surface area contributed by atoms with Crippen LogP contribution in [0, 0.1) is 4.77 Å². The van der Waals surface area contributed by atoms with Gasteiger partial charge >= 0.3 is 0 Å². The Balaban J connectivity index is 1.97. The van der Waals surface area contributed by atoms with Crippen LogP contribution in [0.5, 0.6) is 11.5 Å². The molecule has 8 heteroatoms. The first-order valence-corrected chi connectivity index (χ1v) is 8.13. The van der Waals surface area contributed by atoms with Crippen LogP contribution in [0.1, 0.15) is 5.56 Å². The summed E-state index contributed by atoms with van der Waals surface area (Å²) >= 11 is 8.67. The maximum Gasteiger partial charge on any atom is 0.216 e. The predicted octanol–water partition coefficient (Wildman–Crippen LogP) is 3.97. The van der Waals surface area contributed by atoms with Crippen molar-refractivity contribution in [3.8, 4) is 22.9 Å². The van der Waals surface area contributed by atoms with Gasteiger partial charge in [0.1, 0.15) is 0 Å². The number of halogens is 1. The molecule has 0 aliphatic heterocycles. The average molecular weight is 405 g/mol. The summed E-state index contributed by atoms with van der Waals surface area (Å²) in [5, 5.41) is 21.2. The smallest absolute Gasteiger partial charge is 0.216 e. The van der Waals surface area contributed by atoms with Gasteiger partial charge in [0, 0.05) is 10.0 Å². The van der Waals surface area contributed by atoms with Crippen LogP contribution in [0.2, 0.25) is 0 Å². The minimum Gasteiger partial charge on any atom is -0.504 e. The van der Waals surface area contributed by atoms with E-state index < -0.39 is 0 Å². The number of nitrogens with one attached hydrogen (secondary N) is 1. The van der Waals surface area contributed by atoms with E-state index in [9.17, 15) is 5.11 Å². The van der Waals surface area contributed by atoms with E-state index >= 15 is 0 Å². The number of aromatic nitrogens is 3.